The highest BCUT2D eigenvalue weighted by molar-refractivity contribution is 7.39. The van der Waals surface area contributed by atoms with Crippen LogP contribution in [-0.2, 0) is 0 Å². The first-order valence-corrected chi connectivity index (χ1v) is 4.70. The molecule has 0 aliphatic rings. The zero-order valence-corrected chi connectivity index (χ0v) is 7.88. The molecule has 12 heavy (non-hydrogen) atoms. The van der Waals surface area contributed by atoms with Crippen LogP contribution < -0.4 is 4.52 Å². The van der Waals surface area contributed by atoms with Gasteiger partial charge in [-0.25, -0.2) is 0 Å². The van der Waals surface area contributed by atoms with Crippen LogP contribution in [0, 0.1) is 13.8 Å². The third-order valence-corrected chi connectivity index (χ3v) is 2.09. The molecular formula is C8H11O3P. The van der Waals surface area contributed by atoms with E-state index < -0.39 is 8.60 Å². The Morgan fingerprint density at radius 2 is 1.92 bits per heavy atom. The molecule has 0 saturated heterocycles. The van der Waals surface area contributed by atoms with E-state index in [-0.39, 0.29) is 0 Å². The summed E-state index contributed by atoms with van der Waals surface area (Å²) in [6.45, 7) is 3.82. The third kappa shape index (κ3) is 2.18. The maximum Gasteiger partial charge on any atom is 0.391 e. The Bertz CT molecular complexity index is 273. The number of rotatable bonds is 2. The van der Waals surface area contributed by atoms with Gasteiger partial charge >= 0.3 is 8.60 Å². The first kappa shape index (κ1) is 9.46. The standard InChI is InChI=1S/C8H11O3P/c1-6-4-3-5-8(7(6)2)11-12(9)10/h3-5,9-10H,1-2H3. The number of aryl methyl sites for hydroxylation is 1. The van der Waals surface area contributed by atoms with Crippen molar-refractivity contribution in [3.8, 4) is 5.75 Å². The van der Waals surface area contributed by atoms with Crippen molar-refractivity contribution >= 4 is 8.60 Å². The lowest BCUT2D eigenvalue weighted by Crippen LogP contribution is -1.89. The molecular weight excluding hydrogens is 175 g/mol. The van der Waals surface area contributed by atoms with Gasteiger partial charge in [0, 0.05) is 0 Å². The van der Waals surface area contributed by atoms with Gasteiger partial charge in [0.1, 0.15) is 5.75 Å². The Morgan fingerprint density at radius 1 is 1.25 bits per heavy atom. The molecule has 0 saturated carbocycles. The molecule has 3 nitrogen and oxygen atoms in total. The molecule has 1 aromatic rings. The Hall–Kier alpha value is -0.630. The summed E-state index contributed by atoms with van der Waals surface area (Å²) in [7, 11) is -2.31. The zero-order chi connectivity index (χ0) is 9.14. The molecule has 4 heteroatoms. The second-order valence-corrected chi connectivity index (χ2v) is 3.23. The van der Waals surface area contributed by atoms with E-state index in [4.69, 9.17) is 14.3 Å². The van der Waals surface area contributed by atoms with Gasteiger partial charge in [0.05, 0.1) is 0 Å². The van der Waals surface area contributed by atoms with Gasteiger partial charge in [0.15, 0.2) is 0 Å². The summed E-state index contributed by atoms with van der Waals surface area (Å²) in [6, 6.07) is 5.47. The molecule has 0 radical (unpaired) electrons. The fourth-order valence-corrected chi connectivity index (χ4v) is 1.28. The van der Waals surface area contributed by atoms with Crippen molar-refractivity contribution in [3.05, 3.63) is 29.3 Å². The summed E-state index contributed by atoms with van der Waals surface area (Å²) < 4.78 is 4.80. The quantitative estimate of drug-likeness (QED) is 0.693. The summed E-state index contributed by atoms with van der Waals surface area (Å²) in [5.41, 5.74) is 2.01. The van der Waals surface area contributed by atoms with Gasteiger partial charge in [-0.05, 0) is 31.0 Å². The Kier molecular flexibility index (Phi) is 3.04. The lowest BCUT2D eigenvalue weighted by atomic mass is 10.1. The summed E-state index contributed by atoms with van der Waals surface area (Å²) in [5, 5.41) is 0. The van der Waals surface area contributed by atoms with E-state index in [0.717, 1.165) is 11.1 Å². The Balaban J connectivity index is 2.92. The molecule has 0 amide bonds. The third-order valence-electron chi connectivity index (χ3n) is 1.73. The molecule has 2 N–H and O–H groups in total. The van der Waals surface area contributed by atoms with E-state index in [1.807, 2.05) is 26.0 Å². The molecule has 0 unspecified atom stereocenters. The minimum absolute atomic E-state index is 0.533. The van der Waals surface area contributed by atoms with Gasteiger partial charge in [0.25, 0.3) is 0 Å². The first-order chi connectivity index (χ1) is 5.61. The van der Waals surface area contributed by atoms with Gasteiger partial charge in [-0.2, -0.15) is 0 Å². The molecule has 0 heterocycles. The van der Waals surface area contributed by atoms with Crippen LogP contribution in [-0.4, -0.2) is 9.79 Å². The highest BCUT2D eigenvalue weighted by Crippen LogP contribution is 2.32. The summed E-state index contributed by atoms with van der Waals surface area (Å²) in [5.74, 6) is 0.533. The Labute approximate surface area is 72.6 Å². The monoisotopic (exact) mass is 186 g/mol. The van der Waals surface area contributed by atoms with Crippen molar-refractivity contribution in [2.45, 2.75) is 13.8 Å². The minimum Gasteiger partial charge on any atom is -0.427 e. The average Bonchev–Trinajstić information content (AvgIpc) is 1.98. The molecule has 1 aromatic carbocycles. The van der Waals surface area contributed by atoms with Crippen LogP contribution in [0.25, 0.3) is 0 Å². The number of benzene rings is 1. The van der Waals surface area contributed by atoms with Crippen molar-refractivity contribution in [1.29, 1.82) is 0 Å². The summed E-state index contributed by atoms with van der Waals surface area (Å²) in [4.78, 5) is 17.2. The topological polar surface area (TPSA) is 49.7 Å². The second-order valence-electron chi connectivity index (χ2n) is 2.54. The summed E-state index contributed by atoms with van der Waals surface area (Å²) >= 11 is 0. The smallest absolute Gasteiger partial charge is 0.391 e. The van der Waals surface area contributed by atoms with E-state index in [0.29, 0.717) is 5.75 Å². The number of hydrogen-bond acceptors (Lipinski definition) is 3. The van der Waals surface area contributed by atoms with Crippen LogP contribution in [0.1, 0.15) is 11.1 Å². The van der Waals surface area contributed by atoms with Gasteiger partial charge < -0.3 is 14.3 Å². The molecule has 0 atom stereocenters. The fourth-order valence-electron chi connectivity index (χ4n) is 0.911. The SMILES string of the molecule is Cc1cccc(OP(O)O)c1C. The van der Waals surface area contributed by atoms with Crippen molar-refractivity contribution in [1.82, 2.24) is 0 Å². The van der Waals surface area contributed by atoms with Crippen LogP contribution in [0.3, 0.4) is 0 Å². The molecule has 0 aliphatic carbocycles. The highest BCUT2D eigenvalue weighted by atomic mass is 31.2. The molecule has 0 aliphatic heterocycles. The highest BCUT2D eigenvalue weighted by Gasteiger charge is 2.06. The van der Waals surface area contributed by atoms with Crippen molar-refractivity contribution in [2.24, 2.45) is 0 Å². The second kappa shape index (κ2) is 3.85. The van der Waals surface area contributed by atoms with Gasteiger partial charge in [-0.1, -0.05) is 12.1 Å². The van der Waals surface area contributed by atoms with E-state index >= 15 is 0 Å². The molecule has 0 bridgehead atoms. The van der Waals surface area contributed by atoms with Crippen LogP contribution in [0.4, 0.5) is 0 Å². The predicted octanol–water partition coefficient (Wildman–Crippen LogP) is 1.89. The average molecular weight is 186 g/mol. The van der Waals surface area contributed by atoms with Crippen molar-refractivity contribution in [2.75, 3.05) is 0 Å². The fraction of sp³-hybridized carbons (Fsp3) is 0.250. The largest absolute Gasteiger partial charge is 0.427 e. The van der Waals surface area contributed by atoms with E-state index in [9.17, 15) is 0 Å². The number of hydrogen-bond donors (Lipinski definition) is 2. The van der Waals surface area contributed by atoms with Crippen molar-refractivity contribution < 1.29 is 14.3 Å². The van der Waals surface area contributed by atoms with Crippen LogP contribution in [0.2, 0.25) is 0 Å². The van der Waals surface area contributed by atoms with Gasteiger partial charge in [-0.15, -0.1) is 0 Å². The van der Waals surface area contributed by atoms with Crippen LogP contribution in [0.15, 0.2) is 18.2 Å². The van der Waals surface area contributed by atoms with Gasteiger partial charge in [-0.3, -0.25) is 0 Å². The van der Waals surface area contributed by atoms with Crippen molar-refractivity contribution in [3.63, 3.8) is 0 Å². The Morgan fingerprint density at radius 3 is 2.50 bits per heavy atom. The summed E-state index contributed by atoms with van der Waals surface area (Å²) in [6.07, 6.45) is 0. The normalized spacial score (nSPS) is 10.4. The molecule has 0 fully saturated rings. The molecule has 66 valence electrons. The minimum atomic E-state index is -2.31. The lowest BCUT2D eigenvalue weighted by molar-refractivity contribution is 0.374. The molecule has 0 aromatic heterocycles. The molecule has 1 rings (SSSR count). The zero-order valence-electron chi connectivity index (χ0n) is 6.98. The maximum absolute atomic E-state index is 8.62. The lowest BCUT2D eigenvalue weighted by Gasteiger charge is -2.09. The molecule has 0 spiro atoms. The predicted molar refractivity (Wildman–Crippen MR) is 47.9 cm³/mol. The van der Waals surface area contributed by atoms with E-state index in [2.05, 4.69) is 0 Å². The van der Waals surface area contributed by atoms with Crippen LogP contribution >= 0.6 is 8.60 Å². The maximum atomic E-state index is 8.62. The van der Waals surface area contributed by atoms with Crippen LogP contribution in [0.5, 0.6) is 5.75 Å². The van der Waals surface area contributed by atoms with Gasteiger partial charge in [0.2, 0.25) is 0 Å². The first-order valence-electron chi connectivity index (χ1n) is 3.53. The van der Waals surface area contributed by atoms with E-state index in [1.54, 1.807) is 6.07 Å². The van der Waals surface area contributed by atoms with E-state index in [1.165, 1.54) is 0 Å².